The van der Waals surface area contributed by atoms with Gasteiger partial charge in [0.1, 0.15) is 6.04 Å². The molecule has 0 spiro atoms. The number of nitrogens with two attached hydrogens (primary N) is 1. The van der Waals surface area contributed by atoms with Gasteiger partial charge in [0.15, 0.2) is 0 Å². The van der Waals surface area contributed by atoms with Gasteiger partial charge in [-0.1, -0.05) is 42.5 Å². The number of carbonyl (C=O) groups is 2. The number of aromatic nitrogens is 2. The standard InChI is InChI=1S/C28H32N6O2/c29-16-23-6-8-24(9-7-23)18-34-20-31-17-25(34)19-33-12-10-22(11-13-33)15-27(35)32-26(28(30)36)14-21-4-2-1-3-5-21/h1-9,17,20,22,26H,10-15,18-19H2,(H2,30,36)(H,32,35)/t26-/m0/s1. The Kier molecular flexibility index (Phi) is 8.48. The van der Waals surface area contributed by atoms with Crippen molar-refractivity contribution in [1.29, 1.82) is 5.26 Å². The van der Waals surface area contributed by atoms with E-state index in [1.807, 2.05) is 67.1 Å². The molecular weight excluding hydrogens is 452 g/mol. The van der Waals surface area contributed by atoms with E-state index in [2.05, 4.69) is 25.8 Å². The Bertz CT molecular complexity index is 1190. The molecule has 1 atom stereocenters. The van der Waals surface area contributed by atoms with Crippen LogP contribution in [0.4, 0.5) is 0 Å². The number of rotatable bonds is 10. The lowest BCUT2D eigenvalue weighted by Gasteiger charge is -2.32. The summed E-state index contributed by atoms with van der Waals surface area (Å²) in [7, 11) is 0. The Morgan fingerprint density at radius 2 is 1.78 bits per heavy atom. The molecule has 36 heavy (non-hydrogen) atoms. The maximum Gasteiger partial charge on any atom is 0.240 e. The number of benzene rings is 2. The number of primary amides is 1. The van der Waals surface area contributed by atoms with E-state index in [1.165, 1.54) is 0 Å². The maximum absolute atomic E-state index is 12.7. The van der Waals surface area contributed by atoms with Crippen molar-refractivity contribution in [2.24, 2.45) is 11.7 Å². The smallest absolute Gasteiger partial charge is 0.240 e. The summed E-state index contributed by atoms with van der Waals surface area (Å²) >= 11 is 0. The highest BCUT2D eigenvalue weighted by Gasteiger charge is 2.25. The van der Waals surface area contributed by atoms with Crippen molar-refractivity contribution in [2.45, 2.75) is 44.8 Å². The topological polar surface area (TPSA) is 117 Å². The molecule has 186 valence electrons. The molecule has 3 aromatic rings. The molecule has 2 heterocycles. The molecule has 8 nitrogen and oxygen atoms in total. The number of hydrogen-bond acceptors (Lipinski definition) is 5. The zero-order valence-electron chi connectivity index (χ0n) is 20.3. The van der Waals surface area contributed by atoms with E-state index >= 15 is 0 Å². The lowest BCUT2D eigenvalue weighted by atomic mass is 9.93. The van der Waals surface area contributed by atoms with Gasteiger partial charge in [-0.25, -0.2) is 4.98 Å². The first-order valence-corrected chi connectivity index (χ1v) is 12.3. The molecule has 1 aromatic heterocycles. The first-order valence-electron chi connectivity index (χ1n) is 12.3. The fourth-order valence-electron chi connectivity index (χ4n) is 4.67. The highest BCUT2D eigenvalue weighted by molar-refractivity contribution is 5.86. The van der Waals surface area contributed by atoms with Crippen molar-refractivity contribution in [2.75, 3.05) is 13.1 Å². The van der Waals surface area contributed by atoms with Crippen molar-refractivity contribution in [3.63, 3.8) is 0 Å². The number of hydrogen-bond donors (Lipinski definition) is 2. The minimum absolute atomic E-state index is 0.117. The number of nitrogens with one attached hydrogen (secondary N) is 1. The number of likely N-dealkylation sites (tertiary alicyclic amines) is 1. The van der Waals surface area contributed by atoms with E-state index in [0.717, 1.165) is 49.3 Å². The Balaban J connectivity index is 1.23. The average Bonchev–Trinajstić information content (AvgIpc) is 3.32. The van der Waals surface area contributed by atoms with Crippen LogP contribution >= 0.6 is 0 Å². The highest BCUT2D eigenvalue weighted by atomic mass is 16.2. The van der Waals surface area contributed by atoms with Crippen molar-refractivity contribution < 1.29 is 9.59 Å². The fourth-order valence-corrected chi connectivity index (χ4v) is 4.67. The molecule has 8 heteroatoms. The van der Waals surface area contributed by atoms with Gasteiger partial charge < -0.3 is 15.6 Å². The zero-order chi connectivity index (χ0) is 25.3. The van der Waals surface area contributed by atoms with Gasteiger partial charge in [0.2, 0.25) is 11.8 Å². The quantitative estimate of drug-likeness (QED) is 0.459. The Morgan fingerprint density at radius 1 is 1.06 bits per heavy atom. The SMILES string of the molecule is N#Cc1ccc(Cn2cncc2CN2CCC(CC(=O)N[C@@H](Cc3ccccc3)C(N)=O)CC2)cc1. The van der Waals surface area contributed by atoms with E-state index in [9.17, 15) is 9.59 Å². The number of nitrogens with zero attached hydrogens (tertiary/aromatic N) is 4. The van der Waals surface area contributed by atoms with Crippen molar-refractivity contribution >= 4 is 11.8 Å². The molecule has 1 saturated heterocycles. The Hall–Kier alpha value is -3.96. The predicted molar refractivity (Wildman–Crippen MR) is 136 cm³/mol. The van der Waals surface area contributed by atoms with Gasteiger partial charge in [-0.2, -0.15) is 5.26 Å². The molecule has 1 fully saturated rings. The molecule has 0 bridgehead atoms. The van der Waals surface area contributed by atoms with Crippen molar-refractivity contribution in [3.05, 3.63) is 89.5 Å². The van der Waals surface area contributed by atoms with Gasteiger partial charge in [0.05, 0.1) is 23.7 Å². The van der Waals surface area contributed by atoms with Crippen LogP contribution in [0, 0.1) is 17.2 Å². The van der Waals surface area contributed by atoms with E-state index in [1.54, 1.807) is 0 Å². The second-order valence-electron chi connectivity index (χ2n) is 9.46. The zero-order valence-corrected chi connectivity index (χ0v) is 20.3. The van der Waals surface area contributed by atoms with Crippen LogP contribution in [-0.4, -0.2) is 45.4 Å². The van der Waals surface area contributed by atoms with E-state index < -0.39 is 11.9 Å². The van der Waals surface area contributed by atoms with Gasteiger partial charge in [-0.05, 0) is 55.1 Å². The van der Waals surface area contributed by atoms with Gasteiger partial charge >= 0.3 is 0 Å². The fraction of sp³-hybridized carbons (Fsp3) is 0.357. The summed E-state index contributed by atoms with van der Waals surface area (Å²) in [6.45, 7) is 3.32. The predicted octanol–water partition coefficient (Wildman–Crippen LogP) is 2.62. The number of carbonyl (C=O) groups excluding carboxylic acids is 2. The number of amides is 2. The molecule has 3 N–H and O–H groups in total. The third-order valence-electron chi connectivity index (χ3n) is 6.76. The van der Waals surface area contributed by atoms with Gasteiger partial charge in [0, 0.05) is 32.1 Å². The molecule has 0 aliphatic carbocycles. The van der Waals surface area contributed by atoms with Crippen LogP contribution in [0.2, 0.25) is 0 Å². The largest absolute Gasteiger partial charge is 0.368 e. The van der Waals surface area contributed by atoms with E-state index in [4.69, 9.17) is 11.0 Å². The number of nitriles is 1. The van der Waals surface area contributed by atoms with Crippen LogP contribution in [0.15, 0.2) is 67.1 Å². The number of piperidine rings is 1. The molecule has 4 rings (SSSR count). The van der Waals surface area contributed by atoms with Crippen LogP contribution in [0.25, 0.3) is 0 Å². The normalized spacial score (nSPS) is 15.2. The molecule has 0 saturated carbocycles. The lowest BCUT2D eigenvalue weighted by molar-refractivity contribution is -0.128. The minimum atomic E-state index is -0.698. The summed E-state index contributed by atoms with van der Waals surface area (Å²) in [6, 6.07) is 18.6. The first-order chi connectivity index (χ1) is 17.5. The van der Waals surface area contributed by atoms with Crippen LogP contribution in [0.5, 0.6) is 0 Å². The van der Waals surface area contributed by atoms with Crippen LogP contribution in [-0.2, 0) is 29.1 Å². The maximum atomic E-state index is 12.7. The van der Waals surface area contributed by atoms with Crippen LogP contribution in [0.1, 0.15) is 41.6 Å². The molecule has 2 aromatic carbocycles. The molecule has 0 unspecified atom stereocenters. The van der Waals surface area contributed by atoms with Gasteiger partial charge in [-0.15, -0.1) is 0 Å². The second-order valence-corrected chi connectivity index (χ2v) is 9.46. The monoisotopic (exact) mass is 484 g/mol. The lowest BCUT2D eigenvalue weighted by Crippen LogP contribution is -2.46. The molecule has 1 aliphatic rings. The molecular formula is C28H32N6O2. The van der Waals surface area contributed by atoms with Crippen LogP contribution < -0.4 is 11.1 Å². The first kappa shape index (κ1) is 25.1. The summed E-state index contributed by atoms with van der Waals surface area (Å²) in [5.74, 6) is -0.344. The van der Waals surface area contributed by atoms with E-state index in [0.29, 0.717) is 24.9 Å². The average molecular weight is 485 g/mol. The molecule has 0 radical (unpaired) electrons. The summed E-state index contributed by atoms with van der Waals surface area (Å²) in [6.07, 6.45) is 6.41. The summed E-state index contributed by atoms with van der Waals surface area (Å²) in [5, 5.41) is 11.8. The summed E-state index contributed by atoms with van der Waals surface area (Å²) in [5.41, 5.74) is 9.43. The van der Waals surface area contributed by atoms with Gasteiger partial charge in [-0.3, -0.25) is 14.5 Å². The van der Waals surface area contributed by atoms with Crippen molar-refractivity contribution in [3.8, 4) is 6.07 Å². The van der Waals surface area contributed by atoms with Crippen LogP contribution in [0.3, 0.4) is 0 Å². The highest BCUT2D eigenvalue weighted by Crippen LogP contribution is 2.22. The van der Waals surface area contributed by atoms with E-state index in [-0.39, 0.29) is 11.8 Å². The molecule has 1 aliphatic heterocycles. The van der Waals surface area contributed by atoms with Crippen molar-refractivity contribution in [1.82, 2.24) is 19.8 Å². The third kappa shape index (κ3) is 7.03. The minimum Gasteiger partial charge on any atom is -0.368 e. The molecule has 2 amide bonds. The third-order valence-corrected chi connectivity index (χ3v) is 6.76. The van der Waals surface area contributed by atoms with Gasteiger partial charge in [0.25, 0.3) is 0 Å². The summed E-state index contributed by atoms with van der Waals surface area (Å²) < 4.78 is 2.14. The summed E-state index contributed by atoms with van der Waals surface area (Å²) in [4.78, 5) is 31.3. The number of imidazole rings is 1. The second kappa shape index (κ2) is 12.1. The Morgan fingerprint density at radius 3 is 2.44 bits per heavy atom. The Labute approximate surface area is 211 Å².